The highest BCUT2D eigenvalue weighted by Crippen LogP contribution is 2.38. The molecule has 1 N–H and O–H groups in total. The van der Waals surface area contributed by atoms with Gasteiger partial charge in [-0.05, 0) is 29.7 Å². The van der Waals surface area contributed by atoms with E-state index in [4.69, 9.17) is 0 Å². The van der Waals surface area contributed by atoms with Crippen LogP contribution in [0, 0.1) is 0 Å². The molecular weight excluding hydrogens is 426 g/mol. The Balaban J connectivity index is 1.84. The summed E-state index contributed by atoms with van der Waals surface area (Å²) < 4.78 is 0.923. The number of rotatable bonds is 6. The molecule has 0 aliphatic heterocycles. The Morgan fingerprint density at radius 1 is 1.07 bits per heavy atom. The van der Waals surface area contributed by atoms with E-state index in [2.05, 4.69) is 15.9 Å². The van der Waals surface area contributed by atoms with Crippen LogP contribution in [0.5, 0.6) is 0 Å². The van der Waals surface area contributed by atoms with Crippen molar-refractivity contribution in [1.82, 2.24) is 0 Å². The Morgan fingerprint density at radius 3 is 2.37 bits per heavy atom. The van der Waals surface area contributed by atoms with Gasteiger partial charge in [0.1, 0.15) is 10.6 Å². The predicted octanol–water partition coefficient (Wildman–Crippen LogP) is 5.47. The largest absolute Gasteiger partial charge is 0.478 e. The maximum Gasteiger partial charge on any atom is 0.339 e. The van der Waals surface area contributed by atoms with Crippen LogP contribution >= 0.6 is 27.3 Å². The molecule has 0 saturated heterocycles. The van der Waals surface area contributed by atoms with Crippen LogP contribution in [0.3, 0.4) is 0 Å². The molecule has 0 spiro atoms. The summed E-state index contributed by atoms with van der Waals surface area (Å²) in [6.45, 7) is 0. The first-order valence-corrected chi connectivity index (χ1v) is 10.1. The summed E-state index contributed by atoms with van der Waals surface area (Å²) in [5.41, 5.74) is 2.68. The van der Waals surface area contributed by atoms with Gasteiger partial charge in [-0.15, -0.1) is 11.3 Å². The molecule has 2 aromatic carbocycles. The topological polar surface area (TPSA) is 57.6 Å². The summed E-state index contributed by atoms with van der Waals surface area (Å²) in [6.07, 6.45) is 0.947. The number of anilines is 1. The van der Waals surface area contributed by atoms with Crippen molar-refractivity contribution in [3.05, 3.63) is 75.6 Å². The molecule has 4 nitrogen and oxygen atoms in total. The predicted molar refractivity (Wildman–Crippen MR) is 113 cm³/mol. The monoisotopic (exact) mass is 443 g/mol. The van der Waals surface area contributed by atoms with Crippen molar-refractivity contribution in [1.29, 1.82) is 0 Å². The van der Waals surface area contributed by atoms with E-state index in [1.165, 1.54) is 16.2 Å². The van der Waals surface area contributed by atoms with Gasteiger partial charge in [-0.25, -0.2) is 4.79 Å². The van der Waals surface area contributed by atoms with Gasteiger partial charge in [0, 0.05) is 28.9 Å². The second kappa shape index (κ2) is 8.50. The molecule has 0 aliphatic carbocycles. The number of carbonyl (C=O) groups excluding carboxylic acids is 1. The van der Waals surface area contributed by atoms with Gasteiger partial charge in [0.25, 0.3) is 0 Å². The molecule has 3 aromatic rings. The average molecular weight is 444 g/mol. The number of hydrogen-bond donors (Lipinski definition) is 1. The number of carboxylic acid groups (broad SMARTS) is 1. The lowest BCUT2D eigenvalue weighted by Crippen LogP contribution is -2.27. The van der Waals surface area contributed by atoms with Crippen LogP contribution in [0.1, 0.15) is 22.3 Å². The number of aromatic carboxylic acids is 1. The molecule has 138 valence electrons. The van der Waals surface area contributed by atoms with Crippen LogP contribution in [0.4, 0.5) is 5.00 Å². The zero-order valence-electron chi connectivity index (χ0n) is 14.7. The van der Waals surface area contributed by atoms with E-state index in [0.29, 0.717) is 23.4 Å². The van der Waals surface area contributed by atoms with Gasteiger partial charge in [0.2, 0.25) is 5.91 Å². The summed E-state index contributed by atoms with van der Waals surface area (Å²) >= 11 is 4.66. The Kier molecular flexibility index (Phi) is 6.08. The van der Waals surface area contributed by atoms with Gasteiger partial charge in [-0.1, -0.05) is 58.4 Å². The maximum absolute atomic E-state index is 12.6. The Hall–Kier alpha value is -2.44. The van der Waals surface area contributed by atoms with Crippen LogP contribution in [-0.2, 0) is 11.2 Å². The SMILES string of the molecule is CN(C(=O)CCc1ccccc1)c1scc(-c2ccc(Br)cc2)c1C(=O)O. The quantitative estimate of drug-likeness (QED) is 0.549. The van der Waals surface area contributed by atoms with E-state index in [-0.39, 0.29) is 11.5 Å². The fourth-order valence-corrected chi connectivity index (χ4v) is 4.14. The van der Waals surface area contributed by atoms with Crippen molar-refractivity contribution >= 4 is 44.1 Å². The lowest BCUT2D eigenvalue weighted by Gasteiger charge is -2.17. The molecule has 3 rings (SSSR count). The molecule has 1 amide bonds. The first-order chi connectivity index (χ1) is 13.0. The summed E-state index contributed by atoms with van der Waals surface area (Å²) in [5, 5.41) is 12.0. The molecule has 0 aliphatic rings. The molecule has 0 fully saturated rings. The first kappa shape index (κ1) is 19.3. The third-order valence-electron chi connectivity index (χ3n) is 4.29. The molecular formula is C21H18BrNO3S. The van der Waals surface area contributed by atoms with Gasteiger partial charge in [-0.2, -0.15) is 0 Å². The number of hydrogen-bond acceptors (Lipinski definition) is 3. The maximum atomic E-state index is 12.6. The molecule has 6 heteroatoms. The number of benzene rings is 2. The Labute approximate surface area is 170 Å². The van der Waals surface area contributed by atoms with Crippen LogP contribution in [0.15, 0.2) is 64.5 Å². The number of carbonyl (C=O) groups is 2. The smallest absolute Gasteiger partial charge is 0.339 e. The molecule has 0 saturated carbocycles. The van der Waals surface area contributed by atoms with E-state index in [0.717, 1.165) is 15.6 Å². The second-order valence-corrected chi connectivity index (χ2v) is 7.85. The van der Waals surface area contributed by atoms with Gasteiger partial charge < -0.3 is 10.0 Å². The Morgan fingerprint density at radius 2 is 1.74 bits per heavy atom. The summed E-state index contributed by atoms with van der Waals surface area (Å²) in [4.78, 5) is 26.0. The zero-order valence-corrected chi connectivity index (χ0v) is 17.1. The van der Waals surface area contributed by atoms with E-state index in [1.807, 2.05) is 54.6 Å². The summed E-state index contributed by atoms with van der Waals surface area (Å²) in [7, 11) is 1.64. The number of halogens is 1. The van der Waals surface area contributed by atoms with Crippen molar-refractivity contribution in [3.63, 3.8) is 0 Å². The van der Waals surface area contributed by atoms with Crippen LogP contribution in [-0.4, -0.2) is 24.0 Å². The number of carboxylic acids is 1. The van der Waals surface area contributed by atoms with Gasteiger partial charge >= 0.3 is 5.97 Å². The highest BCUT2D eigenvalue weighted by Gasteiger charge is 2.24. The normalized spacial score (nSPS) is 10.6. The molecule has 0 radical (unpaired) electrons. The molecule has 1 aromatic heterocycles. The first-order valence-electron chi connectivity index (χ1n) is 8.38. The fourth-order valence-electron chi connectivity index (χ4n) is 2.82. The highest BCUT2D eigenvalue weighted by atomic mass is 79.9. The number of nitrogens with zero attached hydrogens (tertiary/aromatic N) is 1. The zero-order chi connectivity index (χ0) is 19.4. The second-order valence-electron chi connectivity index (χ2n) is 6.08. The fraction of sp³-hybridized carbons (Fsp3) is 0.143. The van der Waals surface area contributed by atoms with Crippen LogP contribution in [0.25, 0.3) is 11.1 Å². The van der Waals surface area contributed by atoms with Crippen LogP contribution in [0.2, 0.25) is 0 Å². The minimum absolute atomic E-state index is 0.106. The van der Waals surface area contributed by atoms with E-state index in [9.17, 15) is 14.7 Å². The molecule has 1 heterocycles. The molecule has 0 bridgehead atoms. The van der Waals surface area contributed by atoms with Crippen molar-refractivity contribution < 1.29 is 14.7 Å². The lowest BCUT2D eigenvalue weighted by atomic mass is 10.0. The number of amides is 1. The molecule has 0 atom stereocenters. The molecule has 0 unspecified atom stereocenters. The highest BCUT2D eigenvalue weighted by molar-refractivity contribution is 9.10. The van der Waals surface area contributed by atoms with E-state index in [1.54, 1.807) is 12.4 Å². The van der Waals surface area contributed by atoms with Gasteiger partial charge in [0.05, 0.1) is 0 Å². The number of aryl methyl sites for hydroxylation is 1. The van der Waals surface area contributed by atoms with Crippen molar-refractivity contribution in [3.8, 4) is 11.1 Å². The van der Waals surface area contributed by atoms with Gasteiger partial charge in [0.15, 0.2) is 0 Å². The van der Waals surface area contributed by atoms with E-state index < -0.39 is 5.97 Å². The standard InChI is InChI=1S/C21H18BrNO3S/c1-23(18(24)12-7-14-5-3-2-4-6-14)20-19(21(25)26)17(13-27-20)15-8-10-16(22)11-9-15/h2-6,8-11,13H,7,12H2,1H3,(H,25,26). The van der Waals surface area contributed by atoms with Crippen molar-refractivity contribution in [2.24, 2.45) is 0 Å². The van der Waals surface area contributed by atoms with Crippen molar-refractivity contribution in [2.75, 3.05) is 11.9 Å². The summed E-state index contributed by atoms with van der Waals surface area (Å²) in [5.74, 6) is -1.14. The third kappa shape index (κ3) is 4.46. The summed E-state index contributed by atoms with van der Waals surface area (Å²) in [6, 6.07) is 17.2. The minimum atomic E-state index is -1.04. The third-order valence-corrected chi connectivity index (χ3v) is 5.87. The van der Waals surface area contributed by atoms with Gasteiger partial charge in [-0.3, -0.25) is 4.79 Å². The Bertz CT molecular complexity index is 951. The van der Waals surface area contributed by atoms with Crippen molar-refractivity contribution in [2.45, 2.75) is 12.8 Å². The minimum Gasteiger partial charge on any atom is -0.478 e. The average Bonchev–Trinajstić information content (AvgIpc) is 3.12. The van der Waals surface area contributed by atoms with E-state index >= 15 is 0 Å². The molecule has 27 heavy (non-hydrogen) atoms. The number of thiophene rings is 1. The van der Waals surface area contributed by atoms with Crippen LogP contribution < -0.4 is 4.90 Å². The lowest BCUT2D eigenvalue weighted by molar-refractivity contribution is -0.118.